The maximum atomic E-state index is 14.1. The summed E-state index contributed by atoms with van der Waals surface area (Å²) < 4.78 is 22.1. The van der Waals surface area contributed by atoms with Gasteiger partial charge in [-0.05, 0) is 128 Å². The monoisotopic (exact) mass is 909 g/mol. The van der Waals surface area contributed by atoms with Gasteiger partial charge in [-0.15, -0.1) is 0 Å². The third kappa shape index (κ3) is 28.3. The Morgan fingerprint density at radius 2 is 0.797 bits per heavy atom. The fraction of sp³-hybridized carbons (Fsp3) is 0.840. The van der Waals surface area contributed by atoms with Crippen LogP contribution in [0.15, 0.2) is 0 Å². The van der Waals surface area contributed by atoms with Gasteiger partial charge in [0.2, 0.25) is 5.91 Å². The summed E-state index contributed by atoms with van der Waals surface area (Å²) in [5.74, 6) is -6.12. The van der Waals surface area contributed by atoms with E-state index in [4.69, 9.17) is 18.9 Å². The second kappa shape index (κ2) is 34.6. The van der Waals surface area contributed by atoms with E-state index >= 15 is 0 Å². The molecule has 0 saturated heterocycles. The number of ether oxygens (including phenoxy) is 4. The van der Waals surface area contributed by atoms with E-state index in [0.29, 0.717) is 63.6 Å². The molecule has 14 nitrogen and oxygen atoms in total. The van der Waals surface area contributed by atoms with E-state index in [0.717, 1.165) is 38.5 Å². The van der Waals surface area contributed by atoms with Crippen molar-refractivity contribution < 1.29 is 57.3 Å². The van der Waals surface area contributed by atoms with Gasteiger partial charge in [0, 0.05) is 25.2 Å². The minimum atomic E-state index is -1.25. The number of unbranched alkanes of at least 4 members (excludes halogenated alkanes) is 6. The van der Waals surface area contributed by atoms with Crippen molar-refractivity contribution in [3.05, 3.63) is 0 Å². The Kier molecular flexibility index (Phi) is 32.6. The zero-order valence-corrected chi connectivity index (χ0v) is 41.8. The quantitative estimate of drug-likeness (QED) is 0.0341. The summed E-state index contributed by atoms with van der Waals surface area (Å²) >= 11 is 0. The molecule has 0 rings (SSSR count). The molecule has 6 unspecified atom stereocenters. The molecule has 0 aromatic heterocycles. The lowest BCUT2D eigenvalue weighted by molar-refractivity contribution is -0.152. The lowest BCUT2D eigenvalue weighted by Gasteiger charge is -2.28. The fourth-order valence-corrected chi connectivity index (χ4v) is 7.75. The lowest BCUT2D eigenvalue weighted by Crippen LogP contribution is -2.48. The van der Waals surface area contributed by atoms with Crippen molar-refractivity contribution in [1.82, 2.24) is 10.6 Å². The van der Waals surface area contributed by atoms with Crippen molar-refractivity contribution in [2.45, 2.75) is 191 Å². The molecule has 0 aliphatic rings. The van der Waals surface area contributed by atoms with E-state index in [1.807, 2.05) is 48.5 Å². The summed E-state index contributed by atoms with van der Waals surface area (Å²) in [5.41, 5.74) is 0. The van der Waals surface area contributed by atoms with Crippen LogP contribution in [0.3, 0.4) is 0 Å². The largest absolute Gasteiger partial charge is 0.465 e. The first-order chi connectivity index (χ1) is 30.1. The number of carbonyl (C=O) groups is 8. The number of ketones is 3. The second-order valence-electron chi connectivity index (χ2n) is 19.4. The van der Waals surface area contributed by atoms with Crippen LogP contribution >= 0.6 is 0 Å². The first-order valence-corrected chi connectivity index (χ1v) is 24.3. The normalized spacial score (nSPS) is 14.4. The highest BCUT2D eigenvalue weighted by atomic mass is 16.5. The van der Waals surface area contributed by atoms with Crippen molar-refractivity contribution in [2.75, 3.05) is 33.5 Å². The smallest absolute Gasteiger partial charge is 0.328 e. The van der Waals surface area contributed by atoms with Crippen LogP contribution in [0.5, 0.6) is 0 Å². The molecule has 64 heavy (non-hydrogen) atoms. The predicted molar refractivity (Wildman–Crippen MR) is 248 cm³/mol. The van der Waals surface area contributed by atoms with Crippen LogP contribution in [-0.2, 0) is 57.3 Å². The number of amides is 1. The Hall–Kier alpha value is -3.68. The third-order valence-electron chi connectivity index (χ3n) is 11.1. The number of nitrogens with one attached hydrogen (secondary N) is 2. The molecule has 2 N–H and O–H groups in total. The van der Waals surface area contributed by atoms with Crippen LogP contribution in [0.1, 0.15) is 179 Å². The van der Waals surface area contributed by atoms with Gasteiger partial charge in [-0.2, -0.15) is 0 Å². The molecule has 14 heteroatoms. The van der Waals surface area contributed by atoms with E-state index in [2.05, 4.69) is 24.5 Å². The molecule has 0 aliphatic carbocycles. The highest BCUT2D eigenvalue weighted by molar-refractivity contribution is 5.96. The molecule has 0 aromatic carbocycles. The minimum Gasteiger partial charge on any atom is -0.465 e. The highest BCUT2D eigenvalue weighted by Gasteiger charge is 2.39. The van der Waals surface area contributed by atoms with Crippen molar-refractivity contribution in [2.24, 2.45) is 47.3 Å². The predicted octanol–water partition coefficient (Wildman–Crippen LogP) is 8.33. The summed E-state index contributed by atoms with van der Waals surface area (Å²) in [6, 6.07) is -1.39. The molecule has 6 atom stereocenters. The molecule has 0 saturated carbocycles. The van der Waals surface area contributed by atoms with E-state index < -0.39 is 47.4 Å². The molecule has 0 bridgehead atoms. The van der Waals surface area contributed by atoms with Gasteiger partial charge < -0.3 is 39.2 Å². The van der Waals surface area contributed by atoms with Gasteiger partial charge in [-0.25, -0.2) is 4.79 Å². The third-order valence-corrected chi connectivity index (χ3v) is 11.1. The summed E-state index contributed by atoms with van der Waals surface area (Å²) in [6.07, 6.45) is 7.47. The molecule has 370 valence electrons. The molecular weight excluding hydrogens is 821 g/mol. The average molecular weight is 909 g/mol. The van der Waals surface area contributed by atoms with Crippen LogP contribution < -0.4 is 10.6 Å². The Labute approximate surface area is 385 Å². The molecule has 0 aliphatic heterocycles. The van der Waals surface area contributed by atoms with Crippen LogP contribution in [0, 0.1) is 47.3 Å². The van der Waals surface area contributed by atoms with Gasteiger partial charge in [0.25, 0.3) is 0 Å². The van der Waals surface area contributed by atoms with Gasteiger partial charge in [-0.3, -0.25) is 24.0 Å². The van der Waals surface area contributed by atoms with Gasteiger partial charge >= 0.3 is 23.9 Å². The number of likely N-dealkylation sites (N-methyl/N-ethyl adjacent to an activating group) is 1. The zero-order chi connectivity index (χ0) is 48.8. The van der Waals surface area contributed by atoms with E-state index in [1.54, 1.807) is 7.05 Å². The maximum Gasteiger partial charge on any atom is 0.328 e. The van der Waals surface area contributed by atoms with E-state index in [-0.39, 0.29) is 86.2 Å². The van der Waals surface area contributed by atoms with Crippen molar-refractivity contribution in [1.29, 1.82) is 0 Å². The van der Waals surface area contributed by atoms with Crippen molar-refractivity contribution in [3.8, 4) is 0 Å². The van der Waals surface area contributed by atoms with Crippen molar-refractivity contribution in [3.63, 3.8) is 0 Å². The first-order valence-electron chi connectivity index (χ1n) is 24.3. The summed E-state index contributed by atoms with van der Waals surface area (Å²) in [7, 11) is 1.74. The van der Waals surface area contributed by atoms with Crippen LogP contribution in [-0.4, -0.2) is 92.7 Å². The van der Waals surface area contributed by atoms with Gasteiger partial charge in [0.1, 0.15) is 29.4 Å². The van der Waals surface area contributed by atoms with Gasteiger partial charge in [-0.1, -0.05) is 62.3 Å². The Morgan fingerprint density at radius 3 is 1.19 bits per heavy atom. The van der Waals surface area contributed by atoms with Crippen molar-refractivity contribution >= 4 is 47.1 Å². The summed E-state index contributed by atoms with van der Waals surface area (Å²) in [6.45, 7) is 21.4. The first kappa shape index (κ1) is 60.3. The SMILES string of the molecule is CCC(CC(C)C)C(=O)OCCCCCCOC(=O)C(CC(=O)C(CC(C)=O)C(CC(C)=O)C(=O)NC(CC(C)C)C(=O)OCCCCCCOC(=O)C(CC(C)C)NC)CC(C)C. The van der Waals surface area contributed by atoms with E-state index in [1.165, 1.54) is 13.8 Å². The number of esters is 4. The Morgan fingerprint density at radius 1 is 0.438 bits per heavy atom. The van der Waals surface area contributed by atoms with Crippen LogP contribution in [0.25, 0.3) is 0 Å². The number of hydrogen-bond acceptors (Lipinski definition) is 13. The molecule has 0 fully saturated rings. The molecule has 0 spiro atoms. The number of hydrogen-bond donors (Lipinski definition) is 2. The number of Topliss-reactive ketones (excluding diaryl/α,β-unsaturated/α-hetero) is 3. The molecule has 0 aromatic rings. The molecular formula is C50H88N2O12. The number of carbonyl (C=O) groups excluding carboxylic acids is 8. The Bertz CT molecular complexity index is 1310. The average Bonchev–Trinajstić information content (AvgIpc) is 3.20. The molecule has 1 amide bonds. The summed E-state index contributed by atoms with van der Waals surface area (Å²) in [5, 5.41) is 5.74. The zero-order valence-electron chi connectivity index (χ0n) is 41.8. The van der Waals surface area contributed by atoms with Gasteiger partial charge in [0.05, 0.1) is 44.2 Å². The molecule has 0 heterocycles. The molecule has 0 radical (unpaired) electrons. The van der Waals surface area contributed by atoms with Crippen LogP contribution in [0.2, 0.25) is 0 Å². The lowest BCUT2D eigenvalue weighted by atomic mass is 9.77. The Balaban J connectivity index is 5.51. The highest BCUT2D eigenvalue weighted by Crippen LogP contribution is 2.28. The maximum absolute atomic E-state index is 14.1. The van der Waals surface area contributed by atoms with Gasteiger partial charge in [0.15, 0.2) is 0 Å². The minimum absolute atomic E-state index is 0.0231. The van der Waals surface area contributed by atoms with E-state index in [9.17, 15) is 38.4 Å². The number of rotatable bonds is 38. The second-order valence-corrected chi connectivity index (χ2v) is 19.4. The standard InChI is InChI=1S/C50H88N2O12/c1-13-39(26-33(2)3)47(57)61-22-18-14-15-19-23-62-48(58)40(27-34(4)5)32-45(55)41(30-37(10)53)42(31-38(11)54)46(56)52-44(29-36(8)9)50(60)64-25-21-17-16-20-24-63-49(59)43(51-12)28-35(6)7/h33-36,39-44,51H,13-32H2,1-12H3,(H,52,56). The summed E-state index contributed by atoms with van der Waals surface area (Å²) in [4.78, 5) is 105. The fourth-order valence-electron chi connectivity index (χ4n) is 7.75. The topological polar surface area (TPSA) is 198 Å². The van der Waals surface area contributed by atoms with Crippen LogP contribution in [0.4, 0.5) is 0 Å².